The highest BCUT2D eigenvalue weighted by Crippen LogP contribution is 2.29. The van der Waals surface area contributed by atoms with Crippen LogP contribution >= 0.6 is 0 Å². The molecule has 2 aromatic rings. The third-order valence-electron chi connectivity index (χ3n) is 3.97. The third kappa shape index (κ3) is 3.63. The van der Waals surface area contributed by atoms with Crippen LogP contribution in [0.25, 0.3) is 0 Å². The van der Waals surface area contributed by atoms with Crippen molar-refractivity contribution in [2.75, 3.05) is 0 Å². The second-order valence-corrected chi connectivity index (χ2v) is 5.74. The fraction of sp³-hybridized carbons (Fsp3) is 0.333. The van der Waals surface area contributed by atoms with Crippen molar-refractivity contribution in [2.45, 2.75) is 38.3 Å². The summed E-state index contributed by atoms with van der Waals surface area (Å²) in [5.41, 5.74) is 6.71. The van der Waals surface area contributed by atoms with Gasteiger partial charge in [0, 0.05) is 0 Å². The van der Waals surface area contributed by atoms with E-state index in [-0.39, 0.29) is 6.04 Å². The van der Waals surface area contributed by atoms with Crippen molar-refractivity contribution in [1.29, 1.82) is 0 Å². The number of nitrogens with two attached hydrogens (primary N) is 1. The topological polar surface area (TPSA) is 47.3 Å². The van der Waals surface area contributed by atoms with Gasteiger partial charge in [-0.1, -0.05) is 36.4 Å². The summed E-state index contributed by atoms with van der Waals surface area (Å²) in [7, 11) is 0. The van der Waals surface area contributed by atoms with Crippen molar-refractivity contribution >= 4 is 0 Å². The average Bonchev–Trinajstić information content (AvgIpc) is 3.31. The lowest BCUT2D eigenvalue weighted by molar-refractivity contribution is 0.302. The van der Waals surface area contributed by atoms with Crippen LogP contribution in [0.15, 0.2) is 48.5 Å². The Hall–Kier alpha value is -1.84. The number of benzene rings is 2. The monoisotopic (exact) mass is 282 g/mol. The fourth-order valence-electron chi connectivity index (χ4n) is 2.51. The SMILES string of the molecule is Cc1ccccc1CC(NN)c1cccc(OC2CC2)c1. The summed E-state index contributed by atoms with van der Waals surface area (Å²) in [5, 5.41) is 0. The van der Waals surface area contributed by atoms with Crippen LogP contribution in [0.1, 0.15) is 35.6 Å². The molecule has 1 fully saturated rings. The van der Waals surface area contributed by atoms with Crippen LogP contribution < -0.4 is 16.0 Å². The molecule has 110 valence electrons. The summed E-state index contributed by atoms with van der Waals surface area (Å²) in [6.45, 7) is 2.13. The molecule has 1 unspecified atom stereocenters. The van der Waals surface area contributed by atoms with Gasteiger partial charge < -0.3 is 4.74 Å². The molecule has 1 aliphatic rings. The Kier molecular flexibility index (Phi) is 4.23. The minimum absolute atomic E-state index is 0.0915. The van der Waals surface area contributed by atoms with Gasteiger partial charge in [0.05, 0.1) is 12.1 Å². The van der Waals surface area contributed by atoms with Crippen LogP contribution in [0, 0.1) is 6.92 Å². The molecular formula is C18H22N2O. The van der Waals surface area contributed by atoms with E-state index in [1.54, 1.807) is 0 Å². The van der Waals surface area contributed by atoms with Gasteiger partial charge in [0.1, 0.15) is 5.75 Å². The summed E-state index contributed by atoms with van der Waals surface area (Å²) in [5.74, 6) is 6.72. The van der Waals surface area contributed by atoms with Crippen LogP contribution in [-0.2, 0) is 6.42 Å². The van der Waals surface area contributed by atoms with E-state index in [2.05, 4.69) is 48.7 Å². The molecule has 0 saturated heterocycles. The molecule has 3 nitrogen and oxygen atoms in total. The Morgan fingerprint density at radius 2 is 2.00 bits per heavy atom. The smallest absolute Gasteiger partial charge is 0.120 e. The minimum Gasteiger partial charge on any atom is -0.490 e. The molecule has 0 spiro atoms. The Bertz CT molecular complexity index is 608. The number of rotatable bonds is 6. The highest BCUT2D eigenvalue weighted by molar-refractivity contribution is 5.33. The molecule has 0 amide bonds. The van der Waals surface area contributed by atoms with Crippen molar-refractivity contribution in [1.82, 2.24) is 5.43 Å². The molecule has 1 atom stereocenters. The first-order chi connectivity index (χ1) is 10.3. The van der Waals surface area contributed by atoms with E-state index in [4.69, 9.17) is 10.6 Å². The van der Waals surface area contributed by atoms with Gasteiger partial charge in [0.25, 0.3) is 0 Å². The third-order valence-corrected chi connectivity index (χ3v) is 3.97. The molecule has 3 heteroatoms. The maximum atomic E-state index is 5.87. The van der Waals surface area contributed by atoms with Gasteiger partial charge in [-0.2, -0.15) is 0 Å². The largest absolute Gasteiger partial charge is 0.490 e. The first-order valence-corrected chi connectivity index (χ1v) is 7.53. The minimum atomic E-state index is 0.0915. The van der Waals surface area contributed by atoms with Gasteiger partial charge >= 0.3 is 0 Å². The molecule has 21 heavy (non-hydrogen) atoms. The molecule has 0 heterocycles. The normalized spacial score (nSPS) is 15.7. The summed E-state index contributed by atoms with van der Waals surface area (Å²) >= 11 is 0. The summed E-state index contributed by atoms with van der Waals surface area (Å²) in [6.07, 6.45) is 3.63. The predicted octanol–water partition coefficient (Wildman–Crippen LogP) is 3.28. The molecule has 1 saturated carbocycles. The summed E-state index contributed by atoms with van der Waals surface area (Å²) < 4.78 is 5.87. The lowest BCUT2D eigenvalue weighted by Gasteiger charge is -2.18. The Morgan fingerprint density at radius 1 is 1.19 bits per heavy atom. The lowest BCUT2D eigenvalue weighted by Crippen LogP contribution is -2.29. The van der Waals surface area contributed by atoms with Crippen molar-refractivity contribution in [3.05, 3.63) is 65.2 Å². The fourth-order valence-corrected chi connectivity index (χ4v) is 2.51. The standard InChI is InChI=1S/C18H22N2O/c1-13-5-2-3-6-14(13)12-18(20-19)15-7-4-8-17(11-15)21-16-9-10-16/h2-8,11,16,18,20H,9-10,12,19H2,1H3. The predicted molar refractivity (Wildman–Crippen MR) is 85.0 cm³/mol. The Morgan fingerprint density at radius 3 is 2.71 bits per heavy atom. The van der Waals surface area contributed by atoms with E-state index in [0.29, 0.717) is 6.10 Å². The van der Waals surface area contributed by atoms with E-state index >= 15 is 0 Å². The average molecular weight is 282 g/mol. The summed E-state index contributed by atoms with van der Waals surface area (Å²) in [4.78, 5) is 0. The van der Waals surface area contributed by atoms with Gasteiger partial charge in [-0.3, -0.25) is 11.3 Å². The number of nitrogens with one attached hydrogen (secondary N) is 1. The van der Waals surface area contributed by atoms with Crippen molar-refractivity contribution < 1.29 is 4.74 Å². The zero-order valence-electron chi connectivity index (χ0n) is 12.4. The van der Waals surface area contributed by atoms with E-state index in [1.165, 1.54) is 29.5 Å². The summed E-state index contributed by atoms with van der Waals surface area (Å²) in [6, 6.07) is 16.8. The van der Waals surface area contributed by atoms with E-state index < -0.39 is 0 Å². The number of ether oxygens (including phenoxy) is 1. The first kappa shape index (κ1) is 14.1. The Balaban J connectivity index is 1.77. The highest BCUT2D eigenvalue weighted by Gasteiger charge is 2.23. The van der Waals surface area contributed by atoms with Crippen LogP contribution in [0.2, 0.25) is 0 Å². The van der Waals surface area contributed by atoms with Crippen molar-refractivity contribution in [3.8, 4) is 5.75 Å². The van der Waals surface area contributed by atoms with Gasteiger partial charge in [-0.15, -0.1) is 0 Å². The number of hydrogen-bond donors (Lipinski definition) is 2. The van der Waals surface area contributed by atoms with E-state index in [9.17, 15) is 0 Å². The molecule has 0 radical (unpaired) electrons. The maximum Gasteiger partial charge on any atom is 0.120 e. The first-order valence-electron chi connectivity index (χ1n) is 7.53. The number of hydrogen-bond acceptors (Lipinski definition) is 3. The number of hydrazine groups is 1. The molecule has 0 aromatic heterocycles. The molecule has 0 bridgehead atoms. The maximum absolute atomic E-state index is 5.87. The second kappa shape index (κ2) is 6.29. The van der Waals surface area contributed by atoms with Gasteiger partial charge in [0.2, 0.25) is 0 Å². The molecule has 0 aliphatic heterocycles. The van der Waals surface area contributed by atoms with Crippen molar-refractivity contribution in [3.63, 3.8) is 0 Å². The lowest BCUT2D eigenvalue weighted by atomic mass is 9.96. The van der Waals surface area contributed by atoms with E-state index in [0.717, 1.165) is 12.2 Å². The second-order valence-electron chi connectivity index (χ2n) is 5.74. The number of aryl methyl sites for hydroxylation is 1. The zero-order chi connectivity index (χ0) is 14.7. The van der Waals surface area contributed by atoms with E-state index in [1.807, 2.05) is 12.1 Å². The molecule has 2 aromatic carbocycles. The van der Waals surface area contributed by atoms with Crippen LogP contribution in [0.3, 0.4) is 0 Å². The molecule has 3 N–H and O–H groups in total. The van der Waals surface area contributed by atoms with Crippen LogP contribution in [-0.4, -0.2) is 6.10 Å². The van der Waals surface area contributed by atoms with Crippen LogP contribution in [0.5, 0.6) is 5.75 Å². The van der Waals surface area contributed by atoms with Gasteiger partial charge in [-0.25, -0.2) is 0 Å². The molecule has 3 rings (SSSR count). The van der Waals surface area contributed by atoms with Crippen molar-refractivity contribution in [2.24, 2.45) is 5.84 Å². The van der Waals surface area contributed by atoms with Gasteiger partial charge in [-0.05, 0) is 55.0 Å². The van der Waals surface area contributed by atoms with Gasteiger partial charge in [0.15, 0.2) is 0 Å². The quantitative estimate of drug-likeness (QED) is 0.631. The zero-order valence-corrected chi connectivity index (χ0v) is 12.4. The highest BCUT2D eigenvalue weighted by atomic mass is 16.5. The Labute approximate surface area is 126 Å². The molecular weight excluding hydrogens is 260 g/mol. The van der Waals surface area contributed by atoms with Crippen LogP contribution in [0.4, 0.5) is 0 Å². The molecule has 1 aliphatic carbocycles.